The van der Waals surface area contributed by atoms with Crippen molar-refractivity contribution in [1.82, 2.24) is 14.9 Å². The molecule has 5 heteroatoms. The third kappa shape index (κ3) is 4.14. The Bertz CT molecular complexity index is 464. The number of halogens is 1. The predicted molar refractivity (Wildman–Crippen MR) is 80.4 cm³/mol. The number of hydrogen-bond acceptors (Lipinski definition) is 3. The zero-order valence-electron chi connectivity index (χ0n) is 11.5. The van der Waals surface area contributed by atoms with Gasteiger partial charge in [-0.1, -0.05) is 25.7 Å². The van der Waals surface area contributed by atoms with Gasteiger partial charge in [0, 0.05) is 19.1 Å². The van der Waals surface area contributed by atoms with E-state index < -0.39 is 0 Å². The lowest BCUT2D eigenvalue weighted by Gasteiger charge is -2.16. The van der Waals surface area contributed by atoms with Crippen molar-refractivity contribution in [3.63, 3.8) is 0 Å². The van der Waals surface area contributed by atoms with Gasteiger partial charge in [-0.25, -0.2) is 4.98 Å². The largest absolute Gasteiger partial charge is 0.312 e. The summed E-state index contributed by atoms with van der Waals surface area (Å²) in [6, 6.07) is 0.625. The number of hydrogen-bond donors (Lipinski definition) is 1. The number of aryl methyl sites for hydroxylation is 1. The molecule has 2 rings (SSSR count). The molecule has 0 unspecified atom stereocenters. The molecule has 0 aromatic carbocycles. The van der Waals surface area contributed by atoms with E-state index in [0.717, 1.165) is 12.2 Å². The molecule has 106 valence electrons. The Morgan fingerprint density at radius 3 is 2.74 bits per heavy atom. The van der Waals surface area contributed by atoms with Crippen LogP contribution in [0.15, 0.2) is 15.6 Å². The molecule has 4 nitrogen and oxygen atoms in total. The molecule has 0 amide bonds. The van der Waals surface area contributed by atoms with Gasteiger partial charge in [-0.05, 0) is 35.7 Å². The first-order valence-corrected chi connectivity index (χ1v) is 7.92. The fraction of sp³-hybridized carbons (Fsp3) is 0.714. The fourth-order valence-electron chi connectivity index (χ4n) is 2.58. The Morgan fingerprint density at radius 1 is 1.37 bits per heavy atom. The second kappa shape index (κ2) is 7.20. The van der Waals surface area contributed by atoms with Crippen LogP contribution in [0.5, 0.6) is 0 Å². The van der Waals surface area contributed by atoms with Crippen LogP contribution in [-0.4, -0.2) is 22.1 Å². The van der Waals surface area contributed by atoms with Gasteiger partial charge in [-0.2, -0.15) is 0 Å². The van der Waals surface area contributed by atoms with Gasteiger partial charge < -0.3 is 5.32 Å². The van der Waals surface area contributed by atoms with E-state index in [-0.39, 0.29) is 5.56 Å². The molecular formula is C14H22BrN3O. The molecule has 1 aliphatic carbocycles. The lowest BCUT2D eigenvalue weighted by Crippen LogP contribution is -2.34. The van der Waals surface area contributed by atoms with Gasteiger partial charge in [-0.3, -0.25) is 9.36 Å². The zero-order chi connectivity index (χ0) is 13.7. The van der Waals surface area contributed by atoms with Crippen molar-refractivity contribution in [2.45, 2.75) is 58.0 Å². The highest BCUT2D eigenvalue weighted by Gasteiger charge is 2.11. The molecule has 0 atom stereocenters. The Labute approximate surface area is 122 Å². The van der Waals surface area contributed by atoms with Crippen LogP contribution >= 0.6 is 15.9 Å². The molecule has 1 fully saturated rings. The van der Waals surface area contributed by atoms with Crippen molar-refractivity contribution in [1.29, 1.82) is 0 Å². The van der Waals surface area contributed by atoms with Crippen LogP contribution in [0.3, 0.4) is 0 Å². The summed E-state index contributed by atoms with van der Waals surface area (Å²) < 4.78 is 2.24. The lowest BCUT2D eigenvalue weighted by molar-refractivity contribution is 0.441. The van der Waals surface area contributed by atoms with E-state index in [4.69, 9.17) is 0 Å². The fourth-order valence-corrected chi connectivity index (χ4v) is 2.91. The summed E-state index contributed by atoms with van der Waals surface area (Å²) in [4.78, 5) is 16.2. The third-order valence-corrected chi connectivity index (χ3v) is 4.71. The summed E-state index contributed by atoms with van der Waals surface area (Å²) in [5, 5.41) is 3.57. The summed E-state index contributed by atoms with van der Waals surface area (Å²) in [5.41, 5.74) is 0.758. The summed E-state index contributed by atoms with van der Waals surface area (Å²) >= 11 is 3.29. The first-order valence-electron chi connectivity index (χ1n) is 7.13. The van der Waals surface area contributed by atoms with Crippen LogP contribution in [-0.2, 0) is 6.54 Å². The van der Waals surface area contributed by atoms with Crippen molar-refractivity contribution >= 4 is 15.9 Å². The molecule has 1 heterocycles. The topological polar surface area (TPSA) is 46.9 Å². The molecule has 19 heavy (non-hydrogen) atoms. The van der Waals surface area contributed by atoms with Crippen molar-refractivity contribution in [3.8, 4) is 0 Å². The van der Waals surface area contributed by atoms with Gasteiger partial charge in [-0.15, -0.1) is 0 Å². The van der Waals surface area contributed by atoms with E-state index in [1.165, 1.54) is 38.5 Å². The molecule has 1 N–H and O–H groups in total. The predicted octanol–water partition coefficient (Wildman–Crippen LogP) is 2.63. The molecule has 0 radical (unpaired) electrons. The highest BCUT2D eigenvalue weighted by molar-refractivity contribution is 9.10. The van der Waals surface area contributed by atoms with Crippen LogP contribution < -0.4 is 10.9 Å². The van der Waals surface area contributed by atoms with Gasteiger partial charge in [0.1, 0.15) is 4.47 Å². The van der Waals surface area contributed by atoms with E-state index in [9.17, 15) is 4.79 Å². The Kier molecular flexibility index (Phi) is 5.58. The third-order valence-electron chi connectivity index (χ3n) is 3.80. The molecule has 0 spiro atoms. The van der Waals surface area contributed by atoms with Crippen LogP contribution in [0.4, 0.5) is 0 Å². The Balaban J connectivity index is 1.85. The first kappa shape index (κ1) is 14.7. The molecule has 1 aromatic heterocycles. The Morgan fingerprint density at radius 2 is 2.05 bits per heavy atom. The van der Waals surface area contributed by atoms with Crippen LogP contribution in [0, 0.1) is 6.92 Å². The summed E-state index contributed by atoms with van der Waals surface area (Å²) in [7, 11) is 0. The van der Waals surface area contributed by atoms with Gasteiger partial charge in [0.25, 0.3) is 5.56 Å². The second-order valence-corrected chi connectivity index (χ2v) is 6.08. The quantitative estimate of drug-likeness (QED) is 0.865. The molecule has 1 aliphatic rings. The average molecular weight is 328 g/mol. The maximum Gasteiger partial charge on any atom is 0.267 e. The summed E-state index contributed by atoms with van der Waals surface area (Å²) in [6.45, 7) is 3.35. The van der Waals surface area contributed by atoms with Gasteiger partial charge >= 0.3 is 0 Å². The molecular weight excluding hydrogens is 306 g/mol. The number of aromatic nitrogens is 2. The number of rotatable bonds is 4. The molecule has 1 saturated carbocycles. The smallest absolute Gasteiger partial charge is 0.267 e. The summed E-state index contributed by atoms with van der Waals surface area (Å²) in [6.07, 6.45) is 9.57. The SMILES string of the molecule is Cc1ncn(CCNC2CCCCCC2)c(=O)c1Br. The van der Waals surface area contributed by atoms with Crippen molar-refractivity contribution in [2.24, 2.45) is 0 Å². The van der Waals surface area contributed by atoms with Gasteiger partial charge in [0.15, 0.2) is 0 Å². The highest BCUT2D eigenvalue weighted by Crippen LogP contribution is 2.16. The first-order chi connectivity index (χ1) is 9.18. The number of nitrogens with one attached hydrogen (secondary N) is 1. The van der Waals surface area contributed by atoms with E-state index in [0.29, 0.717) is 17.1 Å². The monoisotopic (exact) mass is 327 g/mol. The minimum absolute atomic E-state index is 0.00941. The lowest BCUT2D eigenvalue weighted by atomic mass is 10.1. The molecule has 0 saturated heterocycles. The van der Waals surface area contributed by atoms with Crippen LogP contribution in [0.1, 0.15) is 44.2 Å². The average Bonchev–Trinajstić information content (AvgIpc) is 2.67. The standard InChI is InChI=1S/C14H22BrN3O/c1-11-13(15)14(19)18(10-17-11)9-8-16-12-6-4-2-3-5-7-12/h10,12,16H,2-9H2,1H3. The van der Waals surface area contributed by atoms with Gasteiger partial charge in [0.2, 0.25) is 0 Å². The summed E-state index contributed by atoms with van der Waals surface area (Å²) in [5.74, 6) is 0. The van der Waals surface area contributed by atoms with Crippen molar-refractivity contribution in [2.75, 3.05) is 6.54 Å². The Hall–Kier alpha value is -0.680. The van der Waals surface area contributed by atoms with E-state index in [2.05, 4.69) is 26.2 Å². The van der Waals surface area contributed by atoms with Crippen molar-refractivity contribution in [3.05, 3.63) is 26.8 Å². The minimum Gasteiger partial charge on any atom is -0.312 e. The maximum atomic E-state index is 12.0. The van der Waals surface area contributed by atoms with E-state index >= 15 is 0 Å². The van der Waals surface area contributed by atoms with Crippen molar-refractivity contribution < 1.29 is 0 Å². The minimum atomic E-state index is 0.00941. The molecule has 0 aliphatic heterocycles. The van der Waals surface area contributed by atoms with E-state index in [1.54, 1.807) is 10.9 Å². The second-order valence-electron chi connectivity index (χ2n) is 5.29. The van der Waals surface area contributed by atoms with Crippen LogP contribution in [0.25, 0.3) is 0 Å². The maximum absolute atomic E-state index is 12.0. The highest BCUT2D eigenvalue weighted by atomic mass is 79.9. The van der Waals surface area contributed by atoms with Gasteiger partial charge in [0.05, 0.1) is 12.0 Å². The molecule has 1 aromatic rings. The van der Waals surface area contributed by atoms with E-state index in [1.807, 2.05) is 6.92 Å². The van der Waals surface area contributed by atoms with Crippen LogP contribution in [0.2, 0.25) is 0 Å². The normalized spacial score (nSPS) is 17.4. The molecule has 0 bridgehead atoms. The zero-order valence-corrected chi connectivity index (χ0v) is 13.1. The number of nitrogens with zero attached hydrogens (tertiary/aromatic N) is 2.